The monoisotopic (exact) mass is 390 g/mol. The lowest BCUT2D eigenvalue weighted by atomic mass is 10.1. The lowest BCUT2D eigenvalue weighted by molar-refractivity contribution is 0.305. The van der Waals surface area contributed by atoms with Crippen molar-refractivity contribution in [2.45, 2.75) is 20.5 Å². The number of halogens is 2. The standard InChI is InChI=1S/C20H20Cl2N2O2/c1-12-3-7-18(20-14(12)5-4-13(2)24-20)26-11-15-16(21)6-8-17(19(15)22)25-10-9-23/h3-8H,9-11,23H2,1-2H3. The van der Waals surface area contributed by atoms with Gasteiger partial charge in [0.2, 0.25) is 0 Å². The van der Waals surface area contributed by atoms with Gasteiger partial charge >= 0.3 is 0 Å². The number of pyridine rings is 1. The van der Waals surface area contributed by atoms with Crippen LogP contribution in [0.25, 0.3) is 10.9 Å². The fraction of sp³-hybridized carbons (Fsp3) is 0.250. The maximum atomic E-state index is 6.44. The number of aromatic nitrogens is 1. The second-order valence-corrected chi connectivity index (χ2v) is 6.78. The minimum Gasteiger partial charge on any atom is -0.491 e. The molecule has 0 amide bonds. The van der Waals surface area contributed by atoms with Gasteiger partial charge < -0.3 is 15.2 Å². The molecule has 0 bridgehead atoms. The van der Waals surface area contributed by atoms with Crippen LogP contribution >= 0.6 is 23.2 Å². The summed E-state index contributed by atoms with van der Waals surface area (Å²) in [7, 11) is 0. The van der Waals surface area contributed by atoms with Crippen molar-refractivity contribution in [3.8, 4) is 11.5 Å². The van der Waals surface area contributed by atoms with Gasteiger partial charge in [-0.2, -0.15) is 0 Å². The number of hydrogen-bond acceptors (Lipinski definition) is 4. The van der Waals surface area contributed by atoms with E-state index in [0.717, 1.165) is 22.2 Å². The van der Waals surface area contributed by atoms with Crippen LogP contribution < -0.4 is 15.2 Å². The summed E-state index contributed by atoms with van der Waals surface area (Å²) in [5, 5.41) is 2.02. The zero-order chi connectivity index (χ0) is 18.7. The Morgan fingerprint density at radius 3 is 2.50 bits per heavy atom. The molecule has 3 aromatic rings. The summed E-state index contributed by atoms with van der Waals surface area (Å²) < 4.78 is 11.6. The molecule has 136 valence electrons. The van der Waals surface area contributed by atoms with Crippen LogP contribution in [0, 0.1) is 13.8 Å². The summed E-state index contributed by atoms with van der Waals surface area (Å²) in [6.07, 6.45) is 0. The predicted molar refractivity (Wildman–Crippen MR) is 107 cm³/mol. The number of nitrogens with zero attached hydrogens (tertiary/aromatic N) is 1. The summed E-state index contributed by atoms with van der Waals surface area (Å²) >= 11 is 12.7. The van der Waals surface area contributed by atoms with Gasteiger partial charge in [-0.25, -0.2) is 4.98 Å². The topological polar surface area (TPSA) is 57.4 Å². The van der Waals surface area contributed by atoms with Gasteiger partial charge in [-0.15, -0.1) is 0 Å². The van der Waals surface area contributed by atoms with E-state index in [1.165, 1.54) is 0 Å². The minimum atomic E-state index is 0.214. The van der Waals surface area contributed by atoms with Crippen molar-refractivity contribution in [3.63, 3.8) is 0 Å². The van der Waals surface area contributed by atoms with Crippen molar-refractivity contribution in [3.05, 3.63) is 63.3 Å². The van der Waals surface area contributed by atoms with Crippen LogP contribution in [-0.2, 0) is 6.61 Å². The van der Waals surface area contributed by atoms with E-state index in [2.05, 4.69) is 18.0 Å². The molecule has 26 heavy (non-hydrogen) atoms. The molecule has 0 aliphatic heterocycles. The molecule has 0 radical (unpaired) electrons. The number of ether oxygens (including phenoxy) is 2. The Kier molecular flexibility index (Phi) is 5.87. The fourth-order valence-corrected chi connectivity index (χ4v) is 3.22. The molecule has 0 unspecified atom stereocenters. The van der Waals surface area contributed by atoms with Gasteiger partial charge in [-0.1, -0.05) is 35.3 Å². The van der Waals surface area contributed by atoms with Gasteiger partial charge in [-0.3, -0.25) is 0 Å². The Hall–Kier alpha value is -2.01. The Labute approximate surface area is 162 Å². The summed E-state index contributed by atoms with van der Waals surface area (Å²) in [5.41, 5.74) is 9.06. The first-order valence-corrected chi connectivity index (χ1v) is 9.06. The van der Waals surface area contributed by atoms with Crippen LogP contribution in [0.5, 0.6) is 11.5 Å². The molecule has 2 N–H and O–H groups in total. The highest BCUT2D eigenvalue weighted by Gasteiger charge is 2.14. The average Bonchev–Trinajstić information content (AvgIpc) is 2.62. The first-order valence-electron chi connectivity index (χ1n) is 8.30. The van der Waals surface area contributed by atoms with Gasteiger partial charge in [0.1, 0.15) is 30.2 Å². The quantitative estimate of drug-likeness (QED) is 0.637. The van der Waals surface area contributed by atoms with Gasteiger partial charge in [0.05, 0.1) is 5.02 Å². The van der Waals surface area contributed by atoms with E-state index in [9.17, 15) is 0 Å². The average molecular weight is 391 g/mol. The van der Waals surface area contributed by atoms with E-state index in [-0.39, 0.29) is 6.61 Å². The highest BCUT2D eigenvalue weighted by molar-refractivity contribution is 6.36. The molecule has 0 fully saturated rings. The van der Waals surface area contributed by atoms with Crippen LogP contribution in [0.15, 0.2) is 36.4 Å². The summed E-state index contributed by atoms with van der Waals surface area (Å²) in [4.78, 5) is 4.62. The van der Waals surface area contributed by atoms with Gasteiger partial charge in [0.25, 0.3) is 0 Å². The van der Waals surface area contributed by atoms with E-state index in [4.69, 9.17) is 38.4 Å². The molecule has 1 heterocycles. The van der Waals surface area contributed by atoms with Crippen LogP contribution in [0.1, 0.15) is 16.8 Å². The Balaban J connectivity index is 1.91. The molecule has 0 aliphatic rings. The summed E-state index contributed by atoms with van der Waals surface area (Å²) in [6.45, 7) is 5.01. The molecular weight excluding hydrogens is 371 g/mol. The molecule has 0 aliphatic carbocycles. The van der Waals surface area contributed by atoms with Crippen LogP contribution in [0.4, 0.5) is 0 Å². The van der Waals surface area contributed by atoms with Crippen molar-refractivity contribution >= 4 is 34.1 Å². The molecular formula is C20H20Cl2N2O2. The molecule has 0 atom stereocenters. The van der Waals surface area contributed by atoms with Gasteiger partial charge in [0, 0.05) is 28.2 Å². The highest BCUT2D eigenvalue weighted by Crippen LogP contribution is 2.35. The van der Waals surface area contributed by atoms with Crippen molar-refractivity contribution in [2.75, 3.05) is 13.2 Å². The zero-order valence-corrected chi connectivity index (χ0v) is 16.2. The number of fused-ring (bicyclic) bond motifs is 1. The molecule has 0 saturated carbocycles. The molecule has 4 nitrogen and oxygen atoms in total. The molecule has 0 saturated heterocycles. The number of hydrogen-bond donors (Lipinski definition) is 1. The van der Waals surface area contributed by atoms with Crippen molar-refractivity contribution in [1.29, 1.82) is 0 Å². The minimum absolute atomic E-state index is 0.214. The van der Waals surface area contributed by atoms with Crippen LogP contribution in [-0.4, -0.2) is 18.1 Å². The third kappa shape index (κ3) is 3.88. The van der Waals surface area contributed by atoms with Gasteiger partial charge in [0.15, 0.2) is 0 Å². The molecule has 1 aromatic heterocycles. The first kappa shape index (κ1) is 18.8. The molecule has 3 rings (SSSR count). The fourth-order valence-electron chi connectivity index (χ4n) is 2.69. The van der Waals surface area contributed by atoms with Gasteiger partial charge in [-0.05, 0) is 43.7 Å². The highest BCUT2D eigenvalue weighted by atomic mass is 35.5. The molecule has 6 heteroatoms. The Bertz CT molecular complexity index is 945. The number of rotatable bonds is 6. The number of aryl methyl sites for hydroxylation is 2. The number of benzene rings is 2. The maximum Gasteiger partial charge on any atom is 0.146 e. The molecule has 2 aromatic carbocycles. The largest absolute Gasteiger partial charge is 0.491 e. The Morgan fingerprint density at radius 1 is 0.962 bits per heavy atom. The van der Waals surface area contributed by atoms with Crippen molar-refractivity contribution in [2.24, 2.45) is 5.73 Å². The van der Waals surface area contributed by atoms with Crippen LogP contribution in [0.3, 0.4) is 0 Å². The lowest BCUT2D eigenvalue weighted by Crippen LogP contribution is -2.11. The van der Waals surface area contributed by atoms with E-state index >= 15 is 0 Å². The maximum absolute atomic E-state index is 6.44. The molecule has 0 spiro atoms. The summed E-state index contributed by atoms with van der Waals surface area (Å²) in [5.74, 6) is 1.23. The van der Waals surface area contributed by atoms with Crippen molar-refractivity contribution < 1.29 is 9.47 Å². The van der Waals surface area contributed by atoms with E-state index in [1.54, 1.807) is 12.1 Å². The first-order chi connectivity index (χ1) is 12.5. The lowest BCUT2D eigenvalue weighted by Gasteiger charge is -2.15. The SMILES string of the molecule is Cc1ccc2c(C)ccc(OCc3c(Cl)ccc(OCCN)c3Cl)c2n1. The smallest absolute Gasteiger partial charge is 0.146 e. The normalized spacial score (nSPS) is 11.0. The van der Waals surface area contributed by atoms with E-state index in [1.807, 2.05) is 25.1 Å². The zero-order valence-electron chi connectivity index (χ0n) is 14.7. The third-order valence-electron chi connectivity index (χ3n) is 4.08. The van der Waals surface area contributed by atoms with E-state index < -0.39 is 0 Å². The Morgan fingerprint density at radius 2 is 1.73 bits per heavy atom. The summed E-state index contributed by atoms with van der Waals surface area (Å²) in [6, 6.07) is 11.5. The second-order valence-electron chi connectivity index (χ2n) is 5.99. The van der Waals surface area contributed by atoms with Crippen LogP contribution in [0.2, 0.25) is 10.0 Å². The van der Waals surface area contributed by atoms with Crippen molar-refractivity contribution in [1.82, 2.24) is 4.98 Å². The predicted octanol–water partition coefficient (Wildman–Crippen LogP) is 5.07. The second kappa shape index (κ2) is 8.12. The third-order valence-corrected chi connectivity index (χ3v) is 4.84. The number of nitrogens with two attached hydrogens (primary N) is 1. The van der Waals surface area contributed by atoms with E-state index in [0.29, 0.717) is 40.3 Å².